The summed E-state index contributed by atoms with van der Waals surface area (Å²) in [5, 5.41) is 28.5. The fourth-order valence-corrected chi connectivity index (χ4v) is 5.13. The van der Waals surface area contributed by atoms with Crippen LogP contribution in [-0.2, 0) is 19.2 Å². The summed E-state index contributed by atoms with van der Waals surface area (Å²) < 4.78 is 1.96. The zero-order chi connectivity index (χ0) is 23.8. The van der Waals surface area contributed by atoms with E-state index in [1.54, 1.807) is 6.07 Å². The van der Waals surface area contributed by atoms with Gasteiger partial charge in [-0.1, -0.05) is 37.3 Å². The Kier molecular flexibility index (Phi) is 9.07. The van der Waals surface area contributed by atoms with E-state index in [1.807, 2.05) is 36.4 Å². The zero-order valence-electron chi connectivity index (χ0n) is 19.2. The molecule has 0 fully saturated rings. The summed E-state index contributed by atoms with van der Waals surface area (Å²) in [6.07, 6.45) is 3.20. The van der Waals surface area contributed by atoms with Gasteiger partial charge in [0.25, 0.3) is 0 Å². The van der Waals surface area contributed by atoms with Crippen LogP contribution in [0.4, 0.5) is 0 Å². The van der Waals surface area contributed by atoms with Gasteiger partial charge in [0.15, 0.2) is 12.1 Å². The Labute approximate surface area is 199 Å². The second kappa shape index (κ2) is 12.0. The van der Waals surface area contributed by atoms with E-state index in [4.69, 9.17) is 0 Å². The summed E-state index contributed by atoms with van der Waals surface area (Å²) in [4.78, 5) is 17.7. The molecule has 0 radical (unpaired) electrons. The van der Waals surface area contributed by atoms with Crippen molar-refractivity contribution in [1.29, 1.82) is 5.26 Å². The number of hydrogen-bond donors (Lipinski definition) is 2. The third-order valence-electron chi connectivity index (χ3n) is 5.77. The molecule has 33 heavy (non-hydrogen) atoms. The maximum absolute atomic E-state index is 13.3. The predicted octanol–water partition coefficient (Wildman–Crippen LogP) is 4.61. The van der Waals surface area contributed by atoms with Crippen LogP contribution in [0.25, 0.3) is 11.0 Å². The Morgan fingerprint density at radius 2 is 2.00 bits per heavy atom. The smallest absolute Gasteiger partial charge is 0.165 e. The second-order valence-electron chi connectivity index (χ2n) is 8.53. The number of carbonyl (C=O) groups excluding carboxylic acids is 1. The number of nitrogens with zero attached hydrogens (tertiary/aromatic N) is 3. The highest BCUT2D eigenvalue weighted by Gasteiger charge is 2.24. The summed E-state index contributed by atoms with van der Waals surface area (Å²) in [7, 11) is 1.92. The lowest BCUT2D eigenvalue weighted by molar-refractivity contribution is -0.0543. The van der Waals surface area contributed by atoms with Crippen LogP contribution in [0.5, 0.6) is 0 Å². The number of nitriles is 1. The van der Waals surface area contributed by atoms with E-state index in [1.165, 1.54) is 11.8 Å². The van der Waals surface area contributed by atoms with Gasteiger partial charge in [-0.25, -0.2) is 4.98 Å². The minimum atomic E-state index is -1.43. The quantitative estimate of drug-likeness (QED) is 0.230. The maximum atomic E-state index is 13.3. The lowest BCUT2D eigenvalue weighted by atomic mass is 9.94. The number of Topliss-reactive ketones (excluding diaryl/α,β-unsaturated/α-hetero) is 1. The predicted molar refractivity (Wildman–Crippen MR) is 132 cm³/mol. The highest BCUT2D eigenvalue weighted by Crippen LogP contribution is 2.29. The Morgan fingerprint density at radius 1 is 1.24 bits per heavy atom. The van der Waals surface area contributed by atoms with Crippen molar-refractivity contribution < 1.29 is 15.0 Å². The molecule has 3 rings (SSSR count). The number of ketones is 1. The first-order valence-electron chi connectivity index (χ1n) is 11.3. The van der Waals surface area contributed by atoms with Crippen molar-refractivity contribution in [2.45, 2.75) is 51.1 Å². The van der Waals surface area contributed by atoms with E-state index in [9.17, 15) is 20.3 Å². The number of aryl methyl sites for hydroxylation is 1. The van der Waals surface area contributed by atoms with Gasteiger partial charge in [-0.2, -0.15) is 17.0 Å². The number of aromatic nitrogens is 2. The fourth-order valence-electron chi connectivity index (χ4n) is 4.15. The maximum Gasteiger partial charge on any atom is 0.165 e. The van der Waals surface area contributed by atoms with Crippen molar-refractivity contribution in [3.63, 3.8) is 0 Å². The van der Waals surface area contributed by atoms with E-state index in [-0.39, 0.29) is 24.5 Å². The third kappa shape index (κ3) is 6.67. The average molecular weight is 466 g/mol. The highest BCUT2D eigenvalue weighted by molar-refractivity contribution is 7.98. The third-order valence-corrected chi connectivity index (χ3v) is 6.88. The molecule has 0 aliphatic carbocycles. The fraction of sp³-hybridized carbons (Fsp3) is 0.423. The number of rotatable bonds is 12. The molecule has 1 unspecified atom stereocenters. The van der Waals surface area contributed by atoms with Crippen molar-refractivity contribution >= 4 is 28.6 Å². The molecule has 2 aromatic heterocycles. The molecule has 0 bridgehead atoms. The van der Waals surface area contributed by atoms with E-state index in [0.29, 0.717) is 22.2 Å². The number of benzene rings is 1. The Hall–Kier alpha value is -2.66. The van der Waals surface area contributed by atoms with Crippen LogP contribution in [0.2, 0.25) is 0 Å². The van der Waals surface area contributed by atoms with E-state index < -0.39 is 6.29 Å². The number of thioether (sulfide) groups is 1. The van der Waals surface area contributed by atoms with Gasteiger partial charge in [0.2, 0.25) is 0 Å². The number of aliphatic hydroxyl groups is 2. The van der Waals surface area contributed by atoms with Crippen molar-refractivity contribution in [2.75, 3.05) is 5.75 Å². The van der Waals surface area contributed by atoms with Crippen LogP contribution >= 0.6 is 11.8 Å². The molecule has 0 saturated carbocycles. The van der Waals surface area contributed by atoms with Crippen molar-refractivity contribution in [1.82, 2.24) is 9.55 Å². The van der Waals surface area contributed by atoms with E-state index in [2.05, 4.69) is 35.3 Å². The van der Waals surface area contributed by atoms with E-state index in [0.717, 1.165) is 36.5 Å². The molecule has 2 heterocycles. The van der Waals surface area contributed by atoms with Gasteiger partial charge >= 0.3 is 0 Å². The Morgan fingerprint density at radius 3 is 2.70 bits per heavy atom. The molecule has 0 saturated heterocycles. The van der Waals surface area contributed by atoms with Crippen LogP contribution in [0.3, 0.4) is 0 Å². The van der Waals surface area contributed by atoms with Gasteiger partial charge in [0.05, 0.1) is 5.56 Å². The molecule has 1 aromatic carbocycles. The highest BCUT2D eigenvalue weighted by atomic mass is 32.2. The molecule has 2 N–H and O–H groups in total. The molecule has 6 nitrogen and oxygen atoms in total. The van der Waals surface area contributed by atoms with Gasteiger partial charge in [-0.15, -0.1) is 0 Å². The largest absolute Gasteiger partial charge is 0.368 e. The standard InChI is InChI=1S/C26H31N3O3S/c1-18(13-24(31)32)12-23(30)25-21-14-20(15-27)16-28-26(21)29(2)22(25)10-6-7-11-33-17-19-8-4-3-5-9-19/h3-5,8-9,14,16,18,24,31-32H,6-7,10-13,17H2,1-2H3. The molecular weight excluding hydrogens is 434 g/mol. The first-order chi connectivity index (χ1) is 15.9. The number of unbranched alkanes of at least 4 members (excludes halogenated alkanes) is 1. The van der Waals surface area contributed by atoms with Gasteiger partial charge in [0, 0.05) is 48.5 Å². The van der Waals surface area contributed by atoms with E-state index >= 15 is 0 Å². The lowest BCUT2D eigenvalue weighted by Crippen LogP contribution is -2.15. The van der Waals surface area contributed by atoms with Gasteiger partial charge in [-0.3, -0.25) is 4.79 Å². The van der Waals surface area contributed by atoms with Crippen molar-refractivity contribution in [3.05, 3.63) is 65.0 Å². The number of fused-ring (bicyclic) bond motifs is 1. The van der Waals surface area contributed by atoms with Crippen LogP contribution in [0.1, 0.15) is 59.8 Å². The van der Waals surface area contributed by atoms with Crippen LogP contribution in [0, 0.1) is 17.2 Å². The molecule has 0 amide bonds. The Balaban J connectivity index is 1.72. The van der Waals surface area contributed by atoms with Crippen LogP contribution < -0.4 is 0 Å². The second-order valence-corrected chi connectivity index (χ2v) is 9.64. The molecule has 7 heteroatoms. The Bertz CT molecular complexity index is 1120. The number of hydrogen-bond acceptors (Lipinski definition) is 6. The summed E-state index contributed by atoms with van der Waals surface area (Å²) in [6.45, 7) is 1.84. The molecule has 3 aromatic rings. The average Bonchev–Trinajstić information content (AvgIpc) is 3.07. The number of aliphatic hydroxyl groups excluding tert-OH is 1. The minimum Gasteiger partial charge on any atom is -0.368 e. The SMILES string of the molecule is CC(CC(=O)c1c(CCCCSCc2ccccc2)n(C)c2ncc(C#N)cc12)CC(O)O. The normalized spacial score (nSPS) is 12.2. The first-order valence-corrected chi connectivity index (χ1v) is 12.4. The summed E-state index contributed by atoms with van der Waals surface area (Å²) in [5.41, 5.74) is 3.99. The first kappa shape index (κ1) is 25.0. The van der Waals surface area contributed by atoms with Crippen molar-refractivity contribution in [2.24, 2.45) is 13.0 Å². The molecular formula is C26H31N3O3S. The molecule has 0 spiro atoms. The summed E-state index contributed by atoms with van der Waals surface area (Å²) in [6, 6.07) is 14.3. The van der Waals surface area contributed by atoms with Crippen molar-refractivity contribution in [3.8, 4) is 6.07 Å². The molecule has 0 aliphatic heterocycles. The summed E-state index contributed by atoms with van der Waals surface area (Å²) in [5.74, 6) is 1.83. The molecule has 0 aliphatic rings. The van der Waals surface area contributed by atoms with Gasteiger partial charge in [0.1, 0.15) is 11.7 Å². The van der Waals surface area contributed by atoms with Gasteiger partial charge < -0.3 is 14.8 Å². The lowest BCUT2D eigenvalue weighted by Gasteiger charge is -2.13. The number of carbonyl (C=O) groups is 1. The van der Waals surface area contributed by atoms with Crippen LogP contribution in [-0.4, -0.2) is 37.6 Å². The molecule has 174 valence electrons. The zero-order valence-corrected chi connectivity index (χ0v) is 20.0. The minimum absolute atomic E-state index is 0.0425. The molecule has 1 atom stereocenters. The van der Waals surface area contributed by atoms with Gasteiger partial charge in [-0.05, 0) is 42.6 Å². The monoisotopic (exact) mass is 465 g/mol. The topological polar surface area (TPSA) is 99.1 Å². The van der Waals surface area contributed by atoms with Crippen LogP contribution in [0.15, 0.2) is 42.6 Å². The summed E-state index contributed by atoms with van der Waals surface area (Å²) >= 11 is 1.91. The number of pyridine rings is 1.